The molecule has 0 aromatic heterocycles. The summed E-state index contributed by atoms with van der Waals surface area (Å²) >= 11 is 0. The van der Waals surface area contributed by atoms with E-state index < -0.39 is 5.54 Å². The average molecular weight is 402 g/mol. The first kappa shape index (κ1) is 18.9. The van der Waals surface area contributed by atoms with E-state index in [4.69, 9.17) is 5.73 Å². The van der Waals surface area contributed by atoms with E-state index in [1.54, 1.807) is 4.90 Å². The number of hydrogen-bond acceptors (Lipinski definition) is 4. The largest absolute Gasteiger partial charge is 0.338 e. The minimum absolute atomic E-state index is 0.0153. The molecule has 2 heterocycles. The fourth-order valence-electron chi connectivity index (χ4n) is 4.24. The molecule has 5 rings (SSSR count). The lowest BCUT2D eigenvalue weighted by molar-refractivity contribution is -0.135. The molecule has 2 amide bonds. The van der Waals surface area contributed by atoms with Crippen LogP contribution >= 0.6 is 0 Å². The molecule has 30 heavy (non-hydrogen) atoms. The van der Waals surface area contributed by atoms with E-state index in [0.29, 0.717) is 31.7 Å². The van der Waals surface area contributed by atoms with E-state index in [-0.39, 0.29) is 11.8 Å². The Kier molecular flexibility index (Phi) is 4.59. The maximum absolute atomic E-state index is 12.9. The van der Waals surface area contributed by atoms with Crippen molar-refractivity contribution in [1.29, 1.82) is 0 Å². The molecule has 6 nitrogen and oxygen atoms in total. The molecule has 6 heteroatoms. The van der Waals surface area contributed by atoms with Crippen molar-refractivity contribution in [2.45, 2.75) is 18.4 Å². The number of piperazine rings is 1. The molecular weight excluding hydrogens is 376 g/mol. The number of nitrogens with two attached hydrogens (primary N) is 1. The van der Waals surface area contributed by atoms with E-state index in [9.17, 15) is 9.59 Å². The number of anilines is 2. The molecule has 2 aromatic rings. The lowest BCUT2D eigenvalue weighted by Gasteiger charge is -2.36. The van der Waals surface area contributed by atoms with Gasteiger partial charge >= 0.3 is 0 Å². The van der Waals surface area contributed by atoms with Crippen molar-refractivity contribution in [3.63, 3.8) is 0 Å². The second-order valence-electron chi connectivity index (χ2n) is 8.36. The number of hydrogen-bond donors (Lipinski definition) is 1. The Morgan fingerprint density at radius 1 is 0.867 bits per heavy atom. The van der Waals surface area contributed by atoms with E-state index in [1.807, 2.05) is 41.3 Å². The van der Waals surface area contributed by atoms with E-state index in [2.05, 4.69) is 29.2 Å². The van der Waals surface area contributed by atoms with Gasteiger partial charge in [0.15, 0.2) is 0 Å². The van der Waals surface area contributed by atoms with Crippen molar-refractivity contribution < 1.29 is 9.59 Å². The van der Waals surface area contributed by atoms with Gasteiger partial charge in [-0.25, -0.2) is 0 Å². The molecule has 0 atom stereocenters. The highest BCUT2D eigenvalue weighted by molar-refractivity contribution is 5.95. The van der Waals surface area contributed by atoms with Gasteiger partial charge in [0.2, 0.25) is 5.91 Å². The molecule has 1 saturated heterocycles. The summed E-state index contributed by atoms with van der Waals surface area (Å²) in [4.78, 5) is 31.2. The van der Waals surface area contributed by atoms with Gasteiger partial charge in [-0.05, 0) is 48.7 Å². The monoisotopic (exact) mass is 402 g/mol. The van der Waals surface area contributed by atoms with Crippen molar-refractivity contribution in [2.24, 2.45) is 5.73 Å². The number of nitrogens with zero attached hydrogens (tertiary/aromatic N) is 3. The molecule has 0 bridgehead atoms. The summed E-state index contributed by atoms with van der Waals surface area (Å²) in [5.41, 5.74) is 9.51. The summed E-state index contributed by atoms with van der Waals surface area (Å²) in [7, 11) is 0. The fraction of sp³-hybridized carbons (Fsp3) is 0.333. The summed E-state index contributed by atoms with van der Waals surface area (Å²) in [5, 5.41) is 0. The molecule has 0 unspecified atom stereocenters. The van der Waals surface area contributed by atoms with Crippen LogP contribution in [-0.4, -0.2) is 59.9 Å². The first-order valence-corrected chi connectivity index (χ1v) is 10.6. The third-order valence-corrected chi connectivity index (χ3v) is 6.31. The van der Waals surface area contributed by atoms with Crippen molar-refractivity contribution in [3.05, 3.63) is 65.7 Å². The second-order valence-corrected chi connectivity index (χ2v) is 8.36. The Hall–Kier alpha value is -3.12. The molecule has 2 aliphatic heterocycles. The predicted octanol–water partition coefficient (Wildman–Crippen LogP) is 2.63. The van der Waals surface area contributed by atoms with Crippen molar-refractivity contribution >= 4 is 29.3 Å². The quantitative estimate of drug-likeness (QED) is 0.857. The molecule has 1 saturated carbocycles. The number of rotatable bonds is 3. The van der Waals surface area contributed by atoms with Crippen LogP contribution in [0.25, 0.3) is 6.08 Å². The zero-order valence-electron chi connectivity index (χ0n) is 17.0. The zero-order chi connectivity index (χ0) is 20.7. The summed E-state index contributed by atoms with van der Waals surface area (Å²) in [6.07, 6.45) is 5.84. The standard InChI is InChI=1S/C24H26N4O2/c25-24(11-12-24)23(30)27-16-14-26(15-17-27)22(29)19-7-9-20(10-8-19)28-13-3-5-18-4-1-2-6-21(18)28/h1-10H,11-17,25H2. The van der Waals surface area contributed by atoms with Crippen LogP contribution in [0.5, 0.6) is 0 Å². The Bertz CT molecular complexity index is 1000. The van der Waals surface area contributed by atoms with Gasteiger partial charge in [0.25, 0.3) is 5.91 Å². The number of carbonyl (C=O) groups is 2. The van der Waals surface area contributed by atoms with Gasteiger partial charge in [-0.3, -0.25) is 9.59 Å². The second kappa shape index (κ2) is 7.29. The SMILES string of the molecule is NC1(C(=O)N2CCN(C(=O)c3ccc(N4CC=Cc5ccccc54)cc3)CC2)CC1. The van der Waals surface area contributed by atoms with Crippen LogP contribution in [0, 0.1) is 0 Å². The van der Waals surface area contributed by atoms with E-state index in [1.165, 1.54) is 11.3 Å². The molecule has 2 fully saturated rings. The van der Waals surface area contributed by atoms with Crippen LogP contribution in [-0.2, 0) is 4.79 Å². The van der Waals surface area contributed by atoms with Crippen LogP contribution in [0.2, 0.25) is 0 Å². The fourth-order valence-corrected chi connectivity index (χ4v) is 4.24. The molecule has 2 N–H and O–H groups in total. The molecule has 0 spiro atoms. The third-order valence-electron chi connectivity index (χ3n) is 6.31. The van der Waals surface area contributed by atoms with Crippen LogP contribution in [0.15, 0.2) is 54.6 Å². The van der Waals surface area contributed by atoms with E-state index >= 15 is 0 Å². The normalized spacial score (nSPS) is 19.4. The van der Waals surface area contributed by atoms with Gasteiger partial charge in [-0.1, -0.05) is 30.4 Å². The lowest BCUT2D eigenvalue weighted by atomic mass is 10.1. The molecule has 0 radical (unpaired) electrons. The van der Waals surface area contributed by atoms with Crippen LogP contribution < -0.4 is 10.6 Å². The summed E-state index contributed by atoms with van der Waals surface area (Å²) in [5.74, 6) is 0.0521. The Balaban J connectivity index is 1.25. The van der Waals surface area contributed by atoms with Crippen LogP contribution in [0.4, 0.5) is 11.4 Å². The van der Waals surface area contributed by atoms with Crippen LogP contribution in [0.3, 0.4) is 0 Å². The maximum atomic E-state index is 12.9. The first-order valence-electron chi connectivity index (χ1n) is 10.6. The van der Waals surface area contributed by atoms with E-state index in [0.717, 1.165) is 25.1 Å². The minimum atomic E-state index is -0.635. The smallest absolute Gasteiger partial charge is 0.253 e. The molecule has 2 aromatic carbocycles. The third kappa shape index (κ3) is 3.37. The maximum Gasteiger partial charge on any atom is 0.253 e. The average Bonchev–Trinajstić information content (AvgIpc) is 3.56. The minimum Gasteiger partial charge on any atom is -0.338 e. The van der Waals surface area contributed by atoms with Gasteiger partial charge < -0.3 is 20.4 Å². The van der Waals surface area contributed by atoms with Crippen molar-refractivity contribution in [1.82, 2.24) is 9.80 Å². The van der Waals surface area contributed by atoms with Gasteiger partial charge in [-0.2, -0.15) is 0 Å². The number of amides is 2. The molecule has 1 aliphatic carbocycles. The van der Waals surface area contributed by atoms with Gasteiger partial charge in [0.05, 0.1) is 5.54 Å². The van der Waals surface area contributed by atoms with Gasteiger partial charge in [-0.15, -0.1) is 0 Å². The highest BCUT2D eigenvalue weighted by Crippen LogP contribution is 2.35. The molecule has 3 aliphatic rings. The van der Waals surface area contributed by atoms with Gasteiger partial charge in [0.1, 0.15) is 0 Å². The van der Waals surface area contributed by atoms with Crippen LogP contribution in [0.1, 0.15) is 28.8 Å². The lowest BCUT2D eigenvalue weighted by Crippen LogP contribution is -2.55. The highest BCUT2D eigenvalue weighted by atomic mass is 16.2. The number of para-hydroxylation sites is 1. The topological polar surface area (TPSA) is 69.9 Å². The zero-order valence-corrected chi connectivity index (χ0v) is 17.0. The van der Waals surface area contributed by atoms with Gasteiger partial charge in [0, 0.05) is 49.7 Å². The Labute approximate surface area is 176 Å². The molecular formula is C24H26N4O2. The number of carbonyl (C=O) groups excluding carboxylic acids is 2. The molecule has 154 valence electrons. The Morgan fingerprint density at radius 2 is 1.53 bits per heavy atom. The summed E-state index contributed by atoms with van der Waals surface area (Å²) in [6, 6.07) is 16.1. The Morgan fingerprint density at radius 3 is 2.23 bits per heavy atom. The number of benzene rings is 2. The van der Waals surface area contributed by atoms with Crippen molar-refractivity contribution in [3.8, 4) is 0 Å². The first-order chi connectivity index (χ1) is 14.5. The summed E-state index contributed by atoms with van der Waals surface area (Å²) < 4.78 is 0. The highest BCUT2D eigenvalue weighted by Gasteiger charge is 2.48. The number of fused-ring (bicyclic) bond motifs is 1. The van der Waals surface area contributed by atoms with Crippen molar-refractivity contribution in [2.75, 3.05) is 37.6 Å². The summed E-state index contributed by atoms with van der Waals surface area (Å²) in [6.45, 7) is 3.01. The predicted molar refractivity (Wildman–Crippen MR) is 118 cm³/mol.